The predicted molar refractivity (Wildman–Crippen MR) is 61.9 cm³/mol. The second kappa shape index (κ2) is 4.48. The minimum Gasteiger partial charge on any atom is -0.0651 e. The average molecular weight is 184 g/mol. The fraction of sp³-hybridized carbons (Fsp3) is 1.00. The minimum atomic E-state index is 0.479. The fourth-order valence-electron chi connectivity index (χ4n) is 2.00. The van der Waals surface area contributed by atoms with E-state index in [1.54, 1.807) is 0 Å². The third kappa shape index (κ3) is 4.69. The van der Waals surface area contributed by atoms with Crippen LogP contribution in [0.15, 0.2) is 0 Å². The van der Waals surface area contributed by atoms with E-state index in [9.17, 15) is 0 Å². The molecule has 0 saturated carbocycles. The summed E-state index contributed by atoms with van der Waals surface area (Å²) in [5.74, 6) is 0.873. The molecule has 0 aliphatic carbocycles. The molecule has 0 bridgehead atoms. The van der Waals surface area contributed by atoms with Crippen LogP contribution >= 0.6 is 0 Å². The van der Waals surface area contributed by atoms with Crippen LogP contribution in [0.2, 0.25) is 0 Å². The van der Waals surface area contributed by atoms with Crippen LogP contribution in [-0.2, 0) is 0 Å². The Labute approximate surface area is 85.1 Å². The van der Waals surface area contributed by atoms with Crippen molar-refractivity contribution >= 4 is 0 Å². The summed E-state index contributed by atoms with van der Waals surface area (Å²) in [6.07, 6.45) is 3.96. The molecule has 13 heavy (non-hydrogen) atoms. The maximum atomic E-state index is 2.41. The summed E-state index contributed by atoms with van der Waals surface area (Å²) in [4.78, 5) is 0. The second-order valence-corrected chi connectivity index (χ2v) is 6.21. The van der Waals surface area contributed by atoms with Gasteiger partial charge in [0.2, 0.25) is 0 Å². The third-order valence-electron chi connectivity index (χ3n) is 3.37. The molecule has 0 aromatic heterocycles. The molecule has 0 nitrogen and oxygen atoms in total. The summed E-state index contributed by atoms with van der Waals surface area (Å²) in [6.45, 7) is 16.5. The zero-order chi connectivity index (χ0) is 10.7. The van der Waals surface area contributed by atoms with Crippen LogP contribution in [0.5, 0.6) is 0 Å². The average Bonchev–Trinajstić information content (AvgIpc) is 1.98. The van der Waals surface area contributed by atoms with Crippen LogP contribution in [0, 0.1) is 16.7 Å². The topological polar surface area (TPSA) is 0 Å². The second-order valence-electron chi connectivity index (χ2n) is 6.21. The largest absolute Gasteiger partial charge is 0.0651 e. The van der Waals surface area contributed by atoms with E-state index in [1.807, 2.05) is 0 Å². The molecule has 0 heterocycles. The van der Waals surface area contributed by atoms with Gasteiger partial charge in [-0.25, -0.2) is 0 Å². The molecule has 0 spiro atoms. The van der Waals surface area contributed by atoms with Gasteiger partial charge in [-0.15, -0.1) is 0 Å². The molecule has 0 fully saturated rings. The zero-order valence-corrected chi connectivity index (χ0v) is 10.7. The van der Waals surface area contributed by atoms with E-state index in [1.165, 1.54) is 19.3 Å². The van der Waals surface area contributed by atoms with Crippen LogP contribution in [0.1, 0.15) is 67.7 Å². The molecule has 1 atom stereocenters. The minimum absolute atomic E-state index is 0.479. The lowest BCUT2D eigenvalue weighted by molar-refractivity contribution is 0.137. The molecule has 0 heteroatoms. The molecule has 0 N–H and O–H groups in total. The van der Waals surface area contributed by atoms with Crippen molar-refractivity contribution in [2.24, 2.45) is 16.7 Å². The molecular weight excluding hydrogens is 156 g/mol. The monoisotopic (exact) mass is 184 g/mol. The van der Waals surface area contributed by atoms with Crippen molar-refractivity contribution in [2.45, 2.75) is 67.7 Å². The molecule has 0 radical (unpaired) electrons. The molecule has 0 aromatic rings. The Morgan fingerprint density at radius 1 is 0.923 bits per heavy atom. The van der Waals surface area contributed by atoms with E-state index in [0.29, 0.717) is 10.8 Å². The normalized spacial score (nSPS) is 15.9. The molecule has 80 valence electrons. The van der Waals surface area contributed by atoms with Gasteiger partial charge in [0.15, 0.2) is 0 Å². The SMILES string of the molecule is CCC(CC(C)(C)C)C(C)(C)CC. The van der Waals surface area contributed by atoms with Gasteiger partial charge in [0.05, 0.1) is 0 Å². The van der Waals surface area contributed by atoms with Gasteiger partial charge < -0.3 is 0 Å². The number of hydrogen-bond acceptors (Lipinski definition) is 0. The lowest BCUT2D eigenvalue weighted by Crippen LogP contribution is -2.27. The van der Waals surface area contributed by atoms with E-state index < -0.39 is 0 Å². The van der Waals surface area contributed by atoms with Crippen LogP contribution in [-0.4, -0.2) is 0 Å². The first-order valence-electron chi connectivity index (χ1n) is 5.73. The summed E-state index contributed by atoms with van der Waals surface area (Å²) in [7, 11) is 0. The fourth-order valence-corrected chi connectivity index (χ4v) is 2.00. The Balaban J connectivity index is 4.35. The summed E-state index contributed by atoms with van der Waals surface area (Å²) in [6, 6.07) is 0. The van der Waals surface area contributed by atoms with Crippen molar-refractivity contribution in [1.29, 1.82) is 0 Å². The van der Waals surface area contributed by atoms with Gasteiger partial charge in [-0.3, -0.25) is 0 Å². The summed E-state index contributed by atoms with van der Waals surface area (Å²) < 4.78 is 0. The first-order valence-corrected chi connectivity index (χ1v) is 5.73. The van der Waals surface area contributed by atoms with Gasteiger partial charge in [0.1, 0.15) is 0 Å². The third-order valence-corrected chi connectivity index (χ3v) is 3.37. The molecule has 0 rings (SSSR count). The Morgan fingerprint density at radius 3 is 1.62 bits per heavy atom. The highest BCUT2D eigenvalue weighted by Gasteiger charge is 2.29. The first-order chi connectivity index (χ1) is 5.73. The van der Waals surface area contributed by atoms with Crippen molar-refractivity contribution in [3.63, 3.8) is 0 Å². The lowest BCUT2D eigenvalue weighted by Gasteiger charge is -2.37. The first kappa shape index (κ1) is 13.0. The summed E-state index contributed by atoms with van der Waals surface area (Å²) in [5, 5.41) is 0. The van der Waals surface area contributed by atoms with E-state index in [0.717, 1.165) is 5.92 Å². The summed E-state index contributed by atoms with van der Waals surface area (Å²) in [5.41, 5.74) is 0.995. The molecule has 0 amide bonds. The lowest BCUT2D eigenvalue weighted by atomic mass is 9.69. The van der Waals surface area contributed by atoms with Crippen molar-refractivity contribution in [2.75, 3.05) is 0 Å². The zero-order valence-electron chi connectivity index (χ0n) is 10.7. The van der Waals surface area contributed by atoms with Crippen LogP contribution in [0.3, 0.4) is 0 Å². The van der Waals surface area contributed by atoms with Crippen molar-refractivity contribution in [3.05, 3.63) is 0 Å². The quantitative estimate of drug-likeness (QED) is 0.584. The molecule has 0 aliphatic heterocycles. The van der Waals surface area contributed by atoms with Gasteiger partial charge in [0, 0.05) is 0 Å². The van der Waals surface area contributed by atoms with Gasteiger partial charge >= 0.3 is 0 Å². The Morgan fingerprint density at radius 2 is 1.38 bits per heavy atom. The van der Waals surface area contributed by atoms with Gasteiger partial charge in [-0.1, -0.05) is 61.3 Å². The van der Waals surface area contributed by atoms with Crippen molar-refractivity contribution < 1.29 is 0 Å². The van der Waals surface area contributed by atoms with Gasteiger partial charge in [-0.2, -0.15) is 0 Å². The van der Waals surface area contributed by atoms with Crippen LogP contribution in [0.4, 0.5) is 0 Å². The smallest absolute Gasteiger partial charge is 0.0328 e. The Hall–Kier alpha value is 0. The van der Waals surface area contributed by atoms with E-state index in [4.69, 9.17) is 0 Å². The van der Waals surface area contributed by atoms with E-state index in [2.05, 4.69) is 48.5 Å². The number of hydrogen-bond donors (Lipinski definition) is 0. The highest BCUT2D eigenvalue weighted by Crippen LogP contribution is 2.40. The molecule has 0 saturated heterocycles. The molecule has 0 aliphatic rings. The Kier molecular flexibility index (Phi) is 4.48. The molecular formula is C13H28. The predicted octanol–water partition coefficient (Wildman–Crippen LogP) is 4.89. The van der Waals surface area contributed by atoms with Crippen LogP contribution in [0.25, 0.3) is 0 Å². The van der Waals surface area contributed by atoms with Crippen molar-refractivity contribution in [3.8, 4) is 0 Å². The molecule has 0 aromatic carbocycles. The Bertz CT molecular complexity index is 137. The van der Waals surface area contributed by atoms with Gasteiger partial charge in [0.25, 0.3) is 0 Å². The highest BCUT2D eigenvalue weighted by molar-refractivity contribution is 4.80. The van der Waals surface area contributed by atoms with Crippen LogP contribution < -0.4 is 0 Å². The molecule has 1 unspecified atom stereocenters. The van der Waals surface area contributed by atoms with Crippen molar-refractivity contribution in [1.82, 2.24) is 0 Å². The number of rotatable bonds is 4. The van der Waals surface area contributed by atoms with E-state index >= 15 is 0 Å². The van der Waals surface area contributed by atoms with E-state index in [-0.39, 0.29) is 0 Å². The summed E-state index contributed by atoms with van der Waals surface area (Å²) >= 11 is 0. The maximum absolute atomic E-state index is 2.41. The maximum Gasteiger partial charge on any atom is -0.0328 e. The standard InChI is InChI=1S/C13H28/c1-8-11(10-12(3,4)5)13(6,7)9-2/h11H,8-10H2,1-7H3. The van der Waals surface area contributed by atoms with Gasteiger partial charge in [-0.05, 0) is 23.2 Å². The highest BCUT2D eigenvalue weighted by atomic mass is 14.3.